The summed E-state index contributed by atoms with van der Waals surface area (Å²) in [6.07, 6.45) is 7.56. The molecule has 0 radical (unpaired) electrons. The molecule has 0 unspecified atom stereocenters. The molecule has 2 N–H and O–H groups in total. The number of nitrogens with zero attached hydrogens (tertiary/aromatic N) is 3. The van der Waals surface area contributed by atoms with Crippen LogP contribution in [0.25, 0.3) is 0 Å². The summed E-state index contributed by atoms with van der Waals surface area (Å²) in [6, 6.07) is 8.66. The molecule has 5 heteroatoms. The monoisotopic (exact) mass is 323 g/mol. The lowest BCUT2D eigenvalue weighted by atomic mass is 9.89. The fraction of sp³-hybridized carbons (Fsp3) is 0.368. The van der Waals surface area contributed by atoms with E-state index in [2.05, 4.69) is 70.1 Å². The number of benzene rings is 1. The van der Waals surface area contributed by atoms with Crippen molar-refractivity contribution in [3.63, 3.8) is 0 Å². The standard InChI is InChI=1S/C19H25N5/c1-19(2,3)18-17(12-22-23-18)11-21-10-15-5-4-6-16(9-15)13-24-8-7-20-14-24/h4-9,12,14,21H,10-11,13H2,1-3H3,(H,22,23). The Hall–Kier alpha value is -2.40. The highest BCUT2D eigenvalue weighted by molar-refractivity contribution is 5.25. The number of H-pyrrole nitrogens is 1. The van der Waals surface area contributed by atoms with Crippen LogP contribution in [-0.2, 0) is 25.0 Å². The first-order chi connectivity index (χ1) is 11.5. The van der Waals surface area contributed by atoms with Crippen LogP contribution in [0.3, 0.4) is 0 Å². The van der Waals surface area contributed by atoms with E-state index in [0.29, 0.717) is 0 Å². The number of aromatic nitrogens is 4. The number of nitrogens with one attached hydrogen (secondary N) is 2. The largest absolute Gasteiger partial charge is 0.333 e. The number of aromatic amines is 1. The van der Waals surface area contributed by atoms with Crippen LogP contribution in [0.15, 0.2) is 49.2 Å². The van der Waals surface area contributed by atoms with Crippen LogP contribution in [0.5, 0.6) is 0 Å². The van der Waals surface area contributed by atoms with Crippen LogP contribution >= 0.6 is 0 Å². The van der Waals surface area contributed by atoms with Crippen molar-refractivity contribution >= 4 is 0 Å². The number of hydrogen-bond acceptors (Lipinski definition) is 3. The summed E-state index contributed by atoms with van der Waals surface area (Å²) in [5.74, 6) is 0. The third kappa shape index (κ3) is 4.11. The molecule has 3 aromatic rings. The average Bonchev–Trinajstić information content (AvgIpc) is 3.18. The van der Waals surface area contributed by atoms with E-state index in [1.54, 1.807) is 0 Å². The van der Waals surface area contributed by atoms with Crippen molar-refractivity contribution in [2.24, 2.45) is 0 Å². The van der Waals surface area contributed by atoms with E-state index in [4.69, 9.17) is 0 Å². The summed E-state index contributed by atoms with van der Waals surface area (Å²) in [5, 5.41) is 10.8. The van der Waals surface area contributed by atoms with Crippen molar-refractivity contribution in [3.8, 4) is 0 Å². The molecular weight excluding hydrogens is 298 g/mol. The Morgan fingerprint density at radius 3 is 2.75 bits per heavy atom. The Balaban J connectivity index is 1.58. The van der Waals surface area contributed by atoms with Gasteiger partial charge in [-0.3, -0.25) is 5.10 Å². The van der Waals surface area contributed by atoms with Gasteiger partial charge >= 0.3 is 0 Å². The van der Waals surface area contributed by atoms with E-state index in [9.17, 15) is 0 Å². The van der Waals surface area contributed by atoms with Gasteiger partial charge in [0.2, 0.25) is 0 Å². The van der Waals surface area contributed by atoms with Crippen LogP contribution in [0.4, 0.5) is 0 Å². The Morgan fingerprint density at radius 1 is 1.17 bits per heavy atom. The first kappa shape index (κ1) is 16.5. The number of imidazole rings is 1. The lowest BCUT2D eigenvalue weighted by Crippen LogP contribution is -2.19. The first-order valence-electron chi connectivity index (χ1n) is 8.29. The predicted octanol–water partition coefficient (Wildman–Crippen LogP) is 3.24. The Kier molecular flexibility index (Phi) is 4.81. The fourth-order valence-electron chi connectivity index (χ4n) is 2.87. The molecule has 0 fully saturated rings. The van der Waals surface area contributed by atoms with Gasteiger partial charge in [-0.15, -0.1) is 0 Å². The molecule has 24 heavy (non-hydrogen) atoms. The molecule has 0 amide bonds. The maximum atomic E-state index is 4.20. The summed E-state index contributed by atoms with van der Waals surface area (Å²) in [6.45, 7) is 9.10. The first-order valence-corrected chi connectivity index (χ1v) is 8.29. The summed E-state index contributed by atoms with van der Waals surface area (Å²) in [4.78, 5) is 4.09. The second-order valence-corrected chi connectivity index (χ2v) is 7.18. The van der Waals surface area contributed by atoms with Crippen molar-refractivity contribution in [1.82, 2.24) is 25.1 Å². The van der Waals surface area contributed by atoms with Gasteiger partial charge in [0.15, 0.2) is 0 Å². The van der Waals surface area contributed by atoms with Gasteiger partial charge in [0.1, 0.15) is 0 Å². The highest BCUT2D eigenvalue weighted by Gasteiger charge is 2.19. The van der Waals surface area contributed by atoms with E-state index >= 15 is 0 Å². The van der Waals surface area contributed by atoms with Crippen LogP contribution in [0.2, 0.25) is 0 Å². The minimum Gasteiger partial charge on any atom is -0.333 e. The Labute approximate surface area is 143 Å². The normalized spacial score (nSPS) is 11.8. The minimum atomic E-state index is 0.0816. The zero-order chi connectivity index (χ0) is 17.0. The van der Waals surface area contributed by atoms with E-state index in [1.807, 2.05) is 24.9 Å². The molecule has 5 nitrogen and oxygen atoms in total. The quantitative estimate of drug-likeness (QED) is 0.732. The summed E-state index contributed by atoms with van der Waals surface area (Å²) >= 11 is 0. The molecular formula is C19H25N5. The molecule has 0 aliphatic carbocycles. The summed E-state index contributed by atoms with van der Waals surface area (Å²) in [5.41, 5.74) is 5.08. The van der Waals surface area contributed by atoms with Crippen molar-refractivity contribution in [2.75, 3.05) is 0 Å². The molecule has 0 aliphatic heterocycles. The molecule has 2 heterocycles. The molecule has 3 rings (SSSR count). The van der Waals surface area contributed by atoms with Crippen LogP contribution < -0.4 is 5.32 Å². The maximum Gasteiger partial charge on any atom is 0.0949 e. The average molecular weight is 323 g/mol. The minimum absolute atomic E-state index is 0.0816. The Morgan fingerprint density at radius 2 is 2.00 bits per heavy atom. The van der Waals surface area contributed by atoms with Crippen LogP contribution in [-0.4, -0.2) is 19.7 Å². The maximum absolute atomic E-state index is 4.20. The molecule has 0 spiro atoms. The predicted molar refractivity (Wildman–Crippen MR) is 95.6 cm³/mol. The molecule has 0 atom stereocenters. The van der Waals surface area contributed by atoms with Crippen molar-refractivity contribution in [2.45, 2.75) is 45.8 Å². The van der Waals surface area contributed by atoms with Crippen molar-refractivity contribution in [1.29, 1.82) is 0 Å². The van der Waals surface area contributed by atoms with Gasteiger partial charge in [-0.25, -0.2) is 4.98 Å². The van der Waals surface area contributed by atoms with E-state index in [0.717, 1.165) is 19.6 Å². The van der Waals surface area contributed by atoms with Gasteiger partial charge in [-0.1, -0.05) is 45.0 Å². The lowest BCUT2D eigenvalue weighted by Gasteiger charge is -2.18. The third-order valence-corrected chi connectivity index (χ3v) is 4.03. The second kappa shape index (κ2) is 7.01. The topological polar surface area (TPSA) is 58.5 Å². The summed E-state index contributed by atoms with van der Waals surface area (Å²) in [7, 11) is 0. The highest BCUT2D eigenvalue weighted by atomic mass is 15.1. The lowest BCUT2D eigenvalue weighted by molar-refractivity contribution is 0.553. The zero-order valence-electron chi connectivity index (χ0n) is 14.6. The third-order valence-electron chi connectivity index (χ3n) is 4.03. The van der Waals surface area contributed by atoms with Gasteiger partial charge < -0.3 is 9.88 Å². The van der Waals surface area contributed by atoms with Crippen molar-refractivity contribution in [3.05, 3.63) is 71.6 Å². The molecule has 0 bridgehead atoms. The van der Waals surface area contributed by atoms with Crippen LogP contribution in [0.1, 0.15) is 43.2 Å². The highest BCUT2D eigenvalue weighted by Crippen LogP contribution is 2.23. The molecule has 0 saturated heterocycles. The van der Waals surface area contributed by atoms with Gasteiger partial charge in [-0.2, -0.15) is 5.10 Å². The van der Waals surface area contributed by atoms with E-state index < -0.39 is 0 Å². The zero-order valence-corrected chi connectivity index (χ0v) is 14.6. The molecule has 126 valence electrons. The van der Waals surface area contributed by atoms with E-state index in [1.165, 1.54) is 22.4 Å². The van der Waals surface area contributed by atoms with Gasteiger partial charge in [0, 0.05) is 48.7 Å². The van der Waals surface area contributed by atoms with E-state index in [-0.39, 0.29) is 5.41 Å². The fourth-order valence-corrected chi connectivity index (χ4v) is 2.87. The van der Waals surface area contributed by atoms with Gasteiger partial charge in [0.25, 0.3) is 0 Å². The van der Waals surface area contributed by atoms with Crippen molar-refractivity contribution < 1.29 is 0 Å². The summed E-state index contributed by atoms with van der Waals surface area (Å²) < 4.78 is 2.08. The number of rotatable bonds is 6. The Bertz CT molecular complexity index is 765. The molecule has 0 aliphatic rings. The van der Waals surface area contributed by atoms with Gasteiger partial charge in [0.05, 0.1) is 12.5 Å². The molecule has 0 saturated carbocycles. The SMILES string of the molecule is CC(C)(C)c1[nH]ncc1CNCc1cccc(Cn2ccnc2)c1. The number of hydrogen-bond donors (Lipinski definition) is 2. The second-order valence-electron chi connectivity index (χ2n) is 7.18. The molecule has 2 aromatic heterocycles. The smallest absolute Gasteiger partial charge is 0.0949 e. The molecule has 1 aromatic carbocycles. The van der Waals surface area contributed by atoms with Crippen LogP contribution in [0, 0.1) is 0 Å². The van der Waals surface area contributed by atoms with Gasteiger partial charge in [-0.05, 0) is 11.1 Å².